The van der Waals surface area contributed by atoms with Crippen LogP contribution in [0.2, 0.25) is 0 Å². The lowest BCUT2D eigenvalue weighted by Crippen LogP contribution is -2.31. The van der Waals surface area contributed by atoms with Crippen molar-refractivity contribution in [3.63, 3.8) is 0 Å². The summed E-state index contributed by atoms with van der Waals surface area (Å²) < 4.78 is 9.93. The van der Waals surface area contributed by atoms with Gasteiger partial charge in [0.05, 0.1) is 18.4 Å². The third-order valence-corrected chi connectivity index (χ3v) is 2.51. The van der Waals surface area contributed by atoms with E-state index in [-0.39, 0.29) is 18.1 Å². The van der Waals surface area contributed by atoms with E-state index in [9.17, 15) is 9.59 Å². The number of rotatable bonds is 6. The zero-order valence-electron chi connectivity index (χ0n) is 11.9. The van der Waals surface area contributed by atoms with E-state index in [4.69, 9.17) is 15.2 Å². The van der Waals surface area contributed by atoms with Crippen LogP contribution in [-0.4, -0.2) is 32.1 Å². The normalized spacial score (nSPS) is 10.2. The molecule has 1 aromatic rings. The van der Waals surface area contributed by atoms with Gasteiger partial charge in [-0.1, -0.05) is 13.8 Å². The van der Waals surface area contributed by atoms with Gasteiger partial charge in [0.25, 0.3) is 5.91 Å². The van der Waals surface area contributed by atoms with Crippen LogP contribution >= 0.6 is 0 Å². The van der Waals surface area contributed by atoms with Crippen molar-refractivity contribution in [2.75, 3.05) is 26.0 Å². The highest BCUT2D eigenvalue weighted by atomic mass is 16.5. The van der Waals surface area contributed by atoms with Crippen molar-refractivity contribution in [2.45, 2.75) is 13.8 Å². The average Bonchev–Trinajstić information content (AvgIpc) is 2.42. The third kappa shape index (κ3) is 4.79. The van der Waals surface area contributed by atoms with Gasteiger partial charge in [-0.3, -0.25) is 4.79 Å². The van der Waals surface area contributed by atoms with E-state index in [0.29, 0.717) is 23.9 Å². The number of hydrogen-bond donors (Lipinski definition) is 2. The first-order valence-corrected chi connectivity index (χ1v) is 6.31. The van der Waals surface area contributed by atoms with Gasteiger partial charge in [0.1, 0.15) is 5.75 Å². The number of amides is 1. The molecule has 0 atom stereocenters. The minimum Gasteiger partial charge on any atom is -0.495 e. The lowest BCUT2D eigenvalue weighted by atomic mass is 10.2. The largest absolute Gasteiger partial charge is 0.495 e. The highest BCUT2D eigenvalue weighted by Crippen LogP contribution is 2.22. The van der Waals surface area contributed by atoms with Crippen molar-refractivity contribution in [3.8, 4) is 5.75 Å². The Bertz CT molecular complexity index is 486. The number of nitrogens with two attached hydrogens (primary N) is 1. The van der Waals surface area contributed by atoms with Gasteiger partial charge in [-0.2, -0.15) is 0 Å². The van der Waals surface area contributed by atoms with Crippen LogP contribution in [0.3, 0.4) is 0 Å². The molecule has 0 spiro atoms. The number of anilines is 1. The predicted molar refractivity (Wildman–Crippen MR) is 75.5 cm³/mol. The quantitative estimate of drug-likeness (QED) is 0.603. The summed E-state index contributed by atoms with van der Waals surface area (Å²) in [6.07, 6.45) is 0. The van der Waals surface area contributed by atoms with Crippen LogP contribution in [0.5, 0.6) is 5.75 Å². The minimum absolute atomic E-state index is 0.285. The van der Waals surface area contributed by atoms with Gasteiger partial charge in [-0.15, -0.1) is 0 Å². The first-order chi connectivity index (χ1) is 9.43. The number of methoxy groups -OCH3 is 1. The monoisotopic (exact) mass is 280 g/mol. The second-order valence-electron chi connectivity index (χ2n) is 4.73. The van der Waals surface area contributed by atoms with Crippen molar-refractivity contribution in [3.05, 3.63) is 23.8 Å². The molecule has 0 heterocycles. The molecule has 1 rings (SSSR count). The summed E-state index contributed by atoms with van der Waals surface area (Å²) in [6, 6.07) is 4.55. The Morgan fingerprint density at radius 2 is 2.05 bits per heavy atom. The number of carbonyl (C=O) groups is 2. The van der Waals surface area contributed by atoms with Crippen LogP contribution in [0.25, 0.3) is 0 Å². The van der Waals surface area contributed by atoms with Crippen LogP contribution in [0.1, 0.15) is 24.2 Å². The first kappa shape index (κ1) is 15.8. The molecule has 1 amide bonds. The van der Waals surface area contributed by atoms with Gasteiger partial charge in [0.15, 0.2) is 6.61 Å². The molecular formula is C14H20N2O4. The summed E-state index contributed by atoms with van der Waals surface area (Å²) in [4.78, 5) is 23.2. The maximum atomic E-state index is 11.8. The topological polar surface area (TPSA) is 90.6 Å². The SMILES string of the molecule is COc1cc(C(=O)OCC(=O)NCC(C)C)ccc1N. The average molecular weight is 280 g/mol. The van der Waals surface area contributed by atoms with E-state index in [2.05, 4.69) is 5.32 Å². The Morgan fingerprint density at radius 3 is 2.65 bits per heavy atom. The molecule has 20 heavy (non-hydrogen) atoms. The molecular weight excluding hydrogens is 260 g/mol. The zero-order valence-corrected chi connectivity index (χ0v) is 11.9. The fourth-order valence-corrected chi connectivity index (χ4v) is 1.42. The number of nitrogens with one attached hydrogen (secondary N) is 1. The number of ether oxygens (including phenoxy) is 2. The van der Waals surface area contributed by atoms with Crippen LogP contribution in [0.15, 0.2) is 18.2 Å². The maximum Gasteiger partial charge on any atom is 0.338 e. The molecule has 6 nitrogen and oxygen atoms in total. The second-order valence-corrected chi connectivity index (χ2v) is 4.73. The fourth-order valence-electron chi connectivity index (χ4n) is 1.42. The smallest absolute Gasteiger partial charge is 0.338 e. The number of esters is 1. The molecule has 3 N–H and O–H groups in total. The summed E-state index contributed by atoms with van der Waals surface area (Å²) in [6.45, 7) is 4.20. The van der Waals surface area contributed by atoms with Gasteiger partial charge >= 0.3 is 5.97 Å². The zero-order chi connectivity index (χ0) is 15.1. The summed E-state index contributed by atoms with van der Waals surface area (Å²) >= 11 is 0. The molecule has 0 radical (unpaired) electrons. The molecule has 6 heteroatoms. The van der Waals surface area contributed by atoms with E-state index >= 15 is 0 Å². The molecule has 0 unspecified atom stereocenters. The summed E-state index contributed by atoms with van der Waals surface area (Å²) in [7, 11) is 1.46. The molecule has 0 aliphatic heterocycles. The molecule has 0 fully saturated rings. The molecule has 110 valence electrons. The molecule has 0 bridgehead atoms. The predicted octanol–water partition coefficient (Wildman–Crippen LogP) is 1.21. The number of carbonyl (C=O) groups excluding carboxylic acids is 2. The summed E-state index contributed by atoms with van der Waals surface area (Å²) in [5.74, 6) is -0.183. The highest BCUT2D eigenvalue weighted by Gasteiger charge is 2.12. The van der Waals surface area contributed by atoms with Gasteiger partial charge in [-0.05, 0) is 24.1 Å². The third-order valence-electron chi connectivity index (χ3n) is 2.51. The Balaban J connectivity index is 2.52. The Hall–Kier alpha value is -2.24. The van der Waals surface area contributed by atoms with Crippen molar-refractivity contribution >= 4 is 17.6 Å². The molecule has 0 saturated carbocycles. The molecule has 0 aromatic heterocycles. The minimum atomic E-state index is -0.594. The molecule has 0 saturated heterocycles. The van der Waals surface area contributed by atoms with Crippen LogP contribution in [0, 0.1) is 5.92 Å². The number of hydrogen-bond acceptors (Lipinski definition) is 5. The molecule has 0 aliphatic rings. The maximum absolute atomic E-state index is 11.8. The first-order valence-electron chi connectivity index (χ1n) is 6.31. The van der Waals surface area contributed by atoms with Crippen LogP contribution in [-0.2, 0) is 9.53 Å². The Kier molecular flexibility index (Phi) is 5.83. The highest BCUT2D eigenvalue weighted by molar-refractivity contribution is 5.92. The van der Waals surface area contributed by atoms with E-state index in [1.165, 1.54) is 19.2 Å². The Labute approximate surface area is 118 Å². The van der Waals surface area contributed by atoms with E-state index in [1.54, 1.807) is 6.07 Å². The lowest BCUT2D eigenvalue weighted by Gasteiger charge is -2.09. The van der Waals surface area contributed by atoms with Crippen LogP contribution < -0.4 is 15.8 Å². The van der Waals surface area contributed by atoms with E-state index in [1.807, 2.05) is 13.8 Å². The lowest BCUT2D eigenvalue weighted by molar-refractivity contribution is -0.124. The number of nitrogen functional groups attached to an aromatic ring is 1. The number of benzene rings is 1. The van der Waals surface area contributed by atoms with Crippen molar-refractivity contribution in [1.29, 1.82) is 0 Å². The van der Waals surface area contributed by atoms with Crippen molar-refractivity contribution in [1.82, 2.24) is 5.32 Å². The standard InChI is InChI=1S/C14H20N2O4/c1-9(2)7-16-13(17)8-20-14(18)10-4-5-11(15)12(6-10)19-3/h4-6,9H,7-8,15H2,1-3H3,(H,16,17). The van der Waals surface area contributed by atoms with Gasteiger partial charge < -0.3 is 20.5 Å². The Morgan fingerprint density at radius 1 is 1.35 bits per heavy atom. The van der Waals surface area contributed by atoms with Gasteiger partial charge in [-0.25, -0.2) is 4.79 Å². The van der Waals surface area contributed by atoms with E-state index < -0.39 is 5.97 Å². The van der Waals surface area contributed by atoms with Crippen molar-refractivity contribution in [2.24, 2.45) is 5.92 Å². The molecule has 1 aromatic carbocycles. The summed E-state index contributed by atoms with van der Waals surface area (Å²) in [5, 5.41) is 2.66. The van der Waals surface area contributed by atoms with E-state index in [0.717, 1.165) is 0 Å². The van der Waals surface area contributed by atoms with Crippen LogP contribution in [0.4, 0.5) is 5.69 Å². The fraction of sp³-hybridized carbons (Fsp3) is 0.429. The molecule has 0 aliphatic carbocycles. The van der Waals surface area contributed by atoms with Gasteiger partial charge in [0, 0.05) is 6.54 Å². The second kappa shape index (κ2) is 7.37. The van der Waals surface area contributed by atoms with Crippen molar-refractivity contribution < 1.29 is 19.1 Å². The van der Waals surface area contributed by atoms with Gasteiger partial charge in [0.2, 0.25) is 0 Å². The summed E-state index contributed by atoms with van der Waals surface area (Å²) in [5.41, 5.74) is 6.36.